The van der Waals surface area contributed by atoms with Crippen molar-refractivity contribution < 1.29 is 4.74 Å². The van der Waals surface area contributed by atoms with Crippen molar-refractivity contribution in [3.63, 3.8) is 0 Å². The van der Waals surface area contributed by atoms with Crippen molar-refractivity contribution in [1.82, 2.24) is 10.2 Å². The minimum absolute atomic E-state index is 0.570. The molecule has 3 rings (SSSR count). The van der Waals surface area contributed by atoms with Crippen LogP contribution in [0.3, 0.4) is 0 Å². The van der Waals surface area contributed by atoms with Crippen molar-refractivity contribution in [2.75, 3.05) is 7.11 Å². The molecule has 3 nitrogen and oxygen atoms in total. The molecule has 0 aliphatic rings. The fraction of sp³-hybridized carbons (Fsp3) is 0.0769. The summed E-state index contributed by atoms with van der Waals surface area (Å²) in [7, 11) is 1.61. The highest BCUT2D eigenvalue weighted by Crippen LogP contribution is 2.32. The van der Waals surface area contributed by atoms with Gasteiger partial charge in [-0.15, -0.1) is 21.5 Å². The highest BCUT2D eigenvalue weighted by atomic mass is 32.1. The van der Waals surface area contributed by atoms with Crippen LogP contribution in [0, 0.1) is 0 Å². The number of hydrogen-bond donors (Lipinski definition) is 0. The van der Waals surface area contributed by atoms with Gasteiger partial charge in [0.2, 0.25) is 5.88 Å². The molecule has 0 saturated heterocycles. The van der Waals surface area contributed by atoms with Gasteiger partial charge in [0, 0.05) is 10.8 Å². The highest BCUT2D eigenvalue weighted by Gasteiger charge is 2.10. The molecule has 0 amide bonds. The van der Waals surface area contributed by atoms with E-state index in [1.165, 1.54) is 0 Å². The minimum Gasteiger partial charge on any atom is -0.479 e. The molecule has 0 spiro atoms. The lowest BCUT2D eigenvalue weighted by Crippen LogP contribution is -1.94. The second kappa shape index (κ2) is 4.14. The van der Waals surface area contributed by atoms with Crippen molar-refractivity contribution in [1.29, 1.82) is 0 Å². The molecular formula is C13H10N2OS. The number of hydrogen-bond acceptors (Lipinski definition) is 4. The van der Waals surface area contributed by atoms with E-state index in [0.717, 1.165) is 21.3 Å². The number of aromatic nitrogens is 2. The fourth-order valence-electron chi connectivity index (χ4n) is 1.83. The first-order valence-corrected chi connectivity index (χ1v) is 6.11. The van der Waals surface area contributed by atoms with Crippen LogP contribution in [0.1, 0.15) is 0 Å². The topological polar surface area (TPSA) is 35.0 Å². The van der Waals surface area contributed by atoms with Crippen LogP contribution in [-0.2, 0) is 0 Å². The number of nitrogens with zero attached hydrogens (tertiary/aromatic N) is 2. The number of fused-ring (bicyclic) bond motifs is 1. The van der Waals surface area contributed by atoms with Crippen molar-refractivity contribution in [2.45, 2.75) is 0 Å². The lowest BCUT2D eigenvalue weighted by atomic mass is 10.1. The predicted octanol–water partition coefficient (Wildman–Crippen LogP) is 3.37. The summed E-state index contributed by atoms with van der Waals surface area (Å²) in [6.07, 6.45) is 0. The van der Waals surface area contributed by atoms with Gasteiger partial charge in [0.15, 0.2) is 0 Å². The maximum Gasteiger partial charge on any atom is 0.241 e. The summed E-state index contributed by atoms with van der Waals surface area (Å²) in [6, 6.07) is 12.1. The molecule has 84 valence electrons. The number of ether oxygens (including phenoxy) is 1. The van der Waals surface area contributed by atoms with Crippen LogP contribution in [0.5, 0.6) is 5.88 Å². The number of benzene rings is 1. The number of methoxy groups -OCH3 is 1. The molecule has 2 heterocycles. The smallest absolute Gasteiger partial charge is 0.241 e. The van der Waals surface area contributed by atoms with Gasteiger partial charge >= 0.3 is 0 Å². The molecule has 17 heavy (non-hydrogen) atoms. The molecular weight excluding hydrogens is 232 g/mol. The van der Waals surface area contributed by atoms with Crippen LogP contribution in [0.2, 0.25) is 0 Å². The molecule has 0 bridgehead atoms. The van der Waals surface area contributed by atoms with Gasteiger partial charge in [-0.1, -0.05) is 24.3 Å². The Kier molecular flexibility index (Phi) is 2.49. The Hall–Kier alpha value is -1.94. The second-order valence-corrected chi connectivity index (χ2v) is 4.53. The van der Waals surface area contributed by atoms with Crippen LogP contribution in [0.25, 0.3) is 21.3 Å². The molecule has 2 aromatic heterocycles. The van der Waals surface area contributed by atoms with E-state index in [2.05, 4.69) is 10.2 Å². The molecule has 0 N–H and O–H groups in total. The lowest BCUT2D eigenvalue weighted by molar-refractivity contribution is 0.398. The summed E-state index contributed by atoms with van der Waals surface area (Å²) < 4.78 is 5.23. The van der Waals surface area contributed by atoms with E-state index in [4.69, 9.17) is 4.74 Å². The Morgan fingerprint density at radius 1 is 1.00 bits per heavy atom. The van der Waals surface area contributed by atoms with Gasteiger partial charge < -0.3 is 4.74 Å². The number of thiophene rings is 1. The fourth-order valence-corrected chi connectivity index (χ4v) is 2.55. The van der Waals surface area contributed by atoms with Gasteiger partial charge in [-0.25, -0.2) is 0 Å². The Labute approximate surface area is 103 Å². The van der Waals surface area contributed by atoms with Crippen LogP contribution in [-0.4, -0.2) is 17.3 Å². The Balaban J connectivity index is 2.34. The van der Waals surface area contributed by atoms with Crippen molar-refractivity contribution in [2.24, 2.45) is 0 Å². The molecule has 0 fully saturated rings. The summed E-state index contributed by atoms with van der Waals surface area (Å²) in [6.45, 7) is 0. The zero-order valence-corrected chi connectivity index (χ0v) is 10.1. The van der Waals surface area contributed by atoms with Gasteiger partial charge in [0.1, 0.15) is 5.69 Å². The van der Waals surface area contributed by atoms with Gasteiger partial charge in [-0.2, -0.15) is 0 Å². The first-order chi connectivity index (χ1) is 8.40. The Morgan fingerprint density at radius 2 is 1.82 bits per heavy atom. The molecule has 0 unspecified atom stereocenters. The average Bonchev–Trinajstić information content (AvgIpc) is 2.91. The molecule has 4 heteroatoms. The number of rotatable bonds is 2. The third-order valence-corrected chi connectivity index (χ3v) is 3.48. The molecule has 0 atom stereocenters. The maximum atomic E-state index is 5.23. The second-order valence-electron chi connectivity index (χ2n) is 3.58. The normalized spacial score (nSPS) is 10.6. The maximum absolute atomic E-state index is 5.23. The SMILES string of the molecule is COc1nnc(-c2cccs2)c2ccccc12. The lowest BCUT2D eigenvalue weighted by Gasteiger charge is -2.06. The Morgan fingerprint density at radius 3 is 2.53 bits per heavy atom. The van der Waals surface area contributed by atoms with E-state index in [9.17, 15) is 0 Å². The van der Waals surface area contributed by atoms with Crippen LogP contribution in [0.15, 0.2) is 41.8 Å². The quantitative estimate of drug-likeness (QED) is 0.691. The first-order valence-electron chi connectivity index (χ1n) is 5.23. The summed E-state index contributed by atoms with van der Waals surface area (Å²) in [5.74, 6) is 0.570. The average molecular weight is 242 g/mol. The van der Waals surface area contributed by atoms with Crippen LogP contribution < -0.4 is 4.74 Å². The largest absolute Gasteiger partial charge is 0.479 e. The van der Waals surface area contributed by atoms with E-state index >= 15 is 0 Å². The summed E-state index contributed by atoms with van der Waals surface area (Å²) in [5, 5.41) is 12.5. The molecule has 0 aliphatic carbocycles. The van der Waals surface area contributed by atoms with E-state index in [1.807, 2.05) is 41.8 Å². The highest BCUT2D eigenvalue weighted by molar-refractivity contribution is 7.13. The van der Waals surface area contributed by atoms with Crippen molar-refractivity contribution in [3.05, 3.63) is 41.8 Å². The van der Waals surface area contributed by atoms with Crippen molar-refractivity contribution >= 4 is 22.1 Å². The van der Waals surface area contributed by atoms with Crippen LogP contribution >= 0.6 is 11.3 Å². The molecule has 0 radical (unpaired) electrons. The molecule has 0 saturated carbocycles. The minimum atomic E-state index is 0.570. The van der Waals surface area contributed by atoms with E-state index in [1.54, 1.807) is 18.4 Å². The van der Waals surface area contributed by atoms with Crippen molar-refractivity contribution in [3.8, 4) is 16.5 Å². The summed E-state index contributed by atoms with van der Waals surface area (Å²) in [4.78, 5) is 1.12. The third-order valence-electron chi connectivity index (χ3n) is 2.60. The molecule has 0 aliphatic heterocycles. The zero-order valence-electron chi connectivity index (χ0n) is 9.25. The predicted molar refractivity (Wildman–Crippen MR) is 69.4 cm³/mol. The standard InChI is InChI=1S/C13H10N2OS/c1-16-13-10-6-3-2-5-9(10)12(14-15-13)11-7-4-8-17-11/h2-8H,1H3. The third kappa shape index (κ3) is 1.66. The van der Waals surface area contributed by atoms with E-state index < -0.39 is 0 Å². The summed E-state index contributed by atoms with van der Waals surface area (Å²) >= 11 is 1.66. The molecule has 1 aromatic carbocycles. The van der Waals surface area contributed by atoms with Gasteiger partial charge in [0.25, 0.3) is 0 Å². The zero-order chi connectivity index (χ0) is 11.7. The summed E-state index contributed by atoms with van der Waals surface area (Å²) in [5.41, 5.74) is 0.913. The Bertz CT molecular complexity index is 650. The van der Waals surface area contributed by atoms with Crippen LogP contribution in [0.4, 0.5) is 0 Å². The van der Waals surface area contributed by atoms with Gasteiger partial charge in [-0.05, 0) is 17.5 Å². The van der Waals surface area contributed by atoms with Gasteiger partial charge in [-0.3, -0.25) is 0 Å². The van der Waals surface area contributed by atoms with E-state index in [0.29, 0.717) is 5.88 Å². The molecule has 3 aromatic rings. The monoisotopic (exact) mass is 242 g/mol. The van der Waals surface area contributed by atoms with Gasteiger partial charge in [0.05, 0.1) is 12.0 Å². The van der Waals surface area contributed by atoms with E-state index in [-0.39, 0.29) is 0 Å². The first kappa shape index (κ1) is 10.2.